The summed E-state index contributed by atoms with van der Waals surface area (Å²) in [5, 5.41) is 15.1. The molecule has 1 atom stereocenters. The van der Waals surface area contributed by atoms with Crippen LogP contribution in [0, 0.1) is 5.82 Å². The third-order valence-corrected chi connectivity index (χ3v) is 5.97. The molecule has 2 amide bonds. The van der Waals surface area contributed by atoms with Crippen molar-refractivity contribution < 1.29 is 14.0 Å². The summed E-state index contributed by atoms with van der Waals surface area (Å²) in [5.41, 5.74) is 0.415. The zero-order valence-corrected chi connectivity index (χ0v) is 19.6. The molecule has 11 heteroatoms. The molecule has 3 aromatic rings. The number of anilines is 1. The fourth-order valence-corrected chi connectivity index (χ4v) is 4.18. The second kappa shape index (κ2) is 10.8. The van der Waals surface area contributed by atoms with Crippen LogP contribution in [0.5, 0.6) is 0 Å². The van der Waals surface area contributed by atoms with Gasteiger partial charge in [0.1, 0.15) is 5.82 Å². The first-order valence-corrected chi connectivity index (χ1v) is 11.4. The van der Waals surface area contributed by atoms with E-state index in [-0.39, 0.29) is 17.2 Å². The number of nitrogens with one attached hydrogen (secondary N) is 2. The Bertz CT molecular complexity index is 1140. The molecule has 0 spiro atoms. The molecule has 0 unspecified atom stereocenters. The Kier molecular flexibility index (Phi) is 8.11. The number of thioether (sulfide) groups is 1. The van der Waals surface area contributed by atoms with Gasteiger partial charge in [-0.1, -0.05) is 47.1 Å². The topological polar surface area (TPSA) is 88.9 Å². The fourth-order valence-electron chi connectivity index (χ4n) is 2.92. The molecule has 0 aliphatic heterocycles. The predicted octanol–water partition coefficient (Wildman–Crippen LogP) is 4.97. The number of carbonyl (C=O) groups is 2. The number of nitrogens with zero attached hydrogens (tertiary/aromatic N) is 3. The Hall–Kier alpha value is -2.62. The first-order chi connectivity index (χ1) is 15.3. The molecule has 1 heterocycles. The Morgan fingerprint density at radius 2 is 1.94 bits per heavy atom. The molecule has 168 valence electrons. The highest BCUT2D eigenvalue weighted by molar-refractivity contribution is 7.99. The lowest BCUT2D eigenvalue weighted by Gasteiger charge is -2.15. The van der Waals surface area contributed by atoms with E-state index in [9.17, 15) is 14.0 Å². The number of amides is 2. The Labute approximate surface area is 198 Å². The SMILES string of the molecule is CCn1c(SCC(=O)Nc2ccc(Cl)cc2Cl)nnc1[C@@H](C)NC(=O)c1ccccc1F. The normalized spacial score (nSPS) is 11.8. The monoisotopic (exact) mass is 495 g/mol. The summed E-state index contributed by atoms with van der Waals surface area (Å²) in [5.74, 6) is -0.840. The van der Waals surface area contributed by atoms with Crippen LogP contribution in [0.1, 0.15) is 36.1 Å². The minimum absolute atomic E-state index is 0.0472. The first kappa shape index (κ1) is 24.0. The molecule has 0 saturated carbocycles. The molecule has 0 radical (unpaired) electrons. The van der Waals surface area contributed by atoms with Crippen molar-refractivity contribution in [3.8, 4) is 0 Å². The van der Waals surface area contributed by atoms with Crippen LogP contribution < -0.4 is 10.6 Å². The van der Waals surface area contributed by atoms with Gasteiger partial charge in [0.2, 0.25) is 5.91 Å². The highest BCUT2D eigenvalue weighted by Gasteiger charge is 2.21. The number of carbonyl (C=O) groups excluding carboxylic acids is 2. The molecule has 0 saturated heterocycles. The van der Waals surface area contributed by atoms with E-state index in [1.165, 1.54) is 30.0 Å². The predicted molar refractivity (Wildman–Crippen MR) is 124 cm³/mol. The van der Waals surface area contributed by atoms with Gasteiger partial charge in [0.15, 0.2) is 11.0 Å². The molecule has 0 aliphatic carbocycles. The molecular formula is C21H20Cl2FN5O2S. The van der Waals surface area contributed by atoms with Gasteiger partial charge in [-0.3, -0.25) is 9.59 Å². The quantitative estimate of drug-likeness (QED) is 0.430. The van der Waals surface area contributed by atoms with E-state index < -0.39 is 17.8 Å². The van der Waals surface area contributed by atoms with Crippen molar-refractivity contribution in [2.24, 2.45) is 0 Å². The van der Waals surface area contributed by atoms with Gasteiger partial charge >= 0.3 is 0 Å². The Balaban J connectivity index is 1.64. The summed E-state index contributed by atoms with van der Waals surface area (Å²) in [6, 6.07) is 10.0. The molecule has 2 N–H and O–H groups in total. The van der Waals surface area contributed by atoms with Crippen LogP contribution in [-0.4, -0.2) is 32.3 Å². The molecule has 0 fully saturated rings. The average molecular weight is 496 g/mol. The van der Waals surface area contributed by atoms with E-state index in [0.717, 1.165) is 0 Å². The Morgan fingerprint density at radius 1 is 1.19 bits per heavy atom. The van der Waals surface area contributed by atoms with E-state index in [0.29, 0.717) is 33.3 Å². The van der Waals surface area contributed by atoms with Gasteiger partial charge in [0.25, 0.3) is 5.91 Å². The number of benzene rings is 2. The van der Waals surface area contributed by atoms with Crippen LogP contribution in [0.3, 0.4) is 0 Å². The van der Waals surface area contributed by atoms with Gasteiger partial charge in [-0.25, -0.2) is 4.39 Å². The van der Waals surface area contributed by atoms with Crippen LogP contribution in [0.2, 0.25) is 10.0 Å². The third-order valence-electron chi connectivity index (χ3n) is 4.45. The second-order valence-corrected chi connectivity index (χ2v) is 8.51. The van der Waals surface area contributed by atoms with Crippen molar-refractivity contribution in [3.63, 3.8) is 0 Å². The van der Waals surface area contributed by atoms with E-state index in [1.807, 2.05) is 6.92 Å². The maximum Gasteiger partial charge on any atom is 0.254 e. The number of rotatable bonds is 8. The smallest absolute Gasteiger partial charge is 0.254 e. The van der Waals surface area contributed by atoms with Crippen LogP contribution in [0.4, 0.5) is 10.1 Å². The summed E-state index contributed by atoms with van der Waals surface area (Å²) in [7, 11) is 0. The van der Waals surface area contributed by atoms with Crippen LogP contribution in [0.25, 0.3) is 0 Å². The number of halogens is 3. The first-order valence-electron chi connectivity index (χ1n) is 9.66. The standard InChI is InChI=1S/C21H20Cl2FN5O2S/c1-3-29-19(12(2)25-20(31)14-6-4-5-7-16(14)24)27-28-21(29)32-11-18(30)26-17-9-8-13(22)10-15(17)23/h4-10,12H,3,11H2,1-2H3,(H,25,31)(H,26,30)/t12-/m1/s1. The van der Waals surface area contributed by atoms with Crippen molar-refractivity contribution in [1.29, 1.82) is 0 Å². The van der Waals surface area contributed by atoms with Gasteiger partial charge in [-0.15, -0.1) is 10.2 Å². The van der Waals surface area contributed by atoms with Gasteiger partial charge in [-0.2, -0.15) is 0 Å². The van der Waals surface area contributed by atoms with Crippen molar-refractivity contribution in [2.45, 2.75) is 31.6 Å². The van der Waals surface area contributed by atoms with E-state index in [1.54, 1.807) is 35.8 Å². The van der Waals surface area contributed by atoms with E-state index >= 15 is 0 Å². The highest BCUT2D eigenvalue weighted by atomic mass is 35.5. The van der Waals surface area contributed by atoms with Gasteiger partial charge < -0.3 is 15.2 Å². The molecule has 2 aromatic carbocycles. The minimum atomic E-state index is -0.600. The summed E-state index contributed by atoms with van der Waals surface area (Å²) in [4.78, 5) is 24.7. The molecule has 1 aromatic heterocycles. The zero-order valence-electron chi connectivity index (χ0n) is 17.2. The van der Waals surface area contributed by atoms with Gasteiger partial charge in [0, 0.05) is 11.6 Å². The lowest BCUT2D eigenvalue weighted by Crippen LogP contribution is -2.29. The zero-order chi connectivity index (χ0) is 23.3. The number of hydrogen-bond donors (Lipinski definition) is 2. The second-order valence-electron chi connectivity index (χ2n) is 6.72. The van der Waals surface area contributed by atoms with E-state index in [4.69, 9.17) is 23.2 Å². The van der Waals surface area contributed by atoms with Gasteiger partial charge in [0.05, 0.1) is 28.1 Å². The summed E-state index contributed by atoms with van der Waals surface area (Å²) in [6.45, 7) is 4.16. The number of aromatic nitrogens is 3. The largest absolute Gasteiger partial charge is 0.342 e. The summed E-state index contributed by atoms with van der Waals surface area (Å²) < 4.78 is 15.7. The van der Waals surface area contributed by atoms with Crippen LogP contribution in [-0.2, 0) is 11.3 Å². The fraction of sp³-hybridized carbons (Fsp3) is 0.238. The highest BCUT2D eigenvalue weighted by Crippen LogP contribution is 2.26. The molecule has 0 bridgehead atoms. The van der Waals surface area contributed by atoms with Crippen molar-refractivity contribution in [2.75, 3.05) is 11.1 Å². The summed E-state index contributed by atoms with van der Waals surface area (Å²) in [6.07, 6.45) is 0. The van der Waals surface area contributed by atoms with E-state index in [2.05, 4.69) is 20.8 Å². The van der Waals surface area contributed by atoms with Gasteiger partial charge in [-0.05, 0) is 44.2 Å². The average Bonchev–Trinajstić information content (AvgIpc) is 3.17. The third kappa shape index (κ3) is 5.79. The van der Waals surface area contributed by atoms with Crippen LogP contribution >= 0.6 is 35.0 Å². The molecule has 3 rings (SSSR count). The molecular weight excluding hydrogens is 476 g/mol. The molecule has 7 nitrogen and oxygen atoms in total. The summed E-state index contributed by atoms with van der Waals surface area (Å²) >= 11 is 13.1. The maximum atomic E-state index is 13.9. The van der Waals surface area contributed by atoms with Crippen molar-refractivity contribution in [1.82, 2.24) is 20.1 Å². The number of hydrogen-bond acceptors (Lipinski definition) is 5. The lowest BCUT2D eigenvalue weighted by molar-refractivity contribution is -0.113. The Morgan fingerprint density at radius 3 is 2.62 bits per heavy atom. The van der Waals surface area contributed by atoms with Crippen molar-refractivity contribution >= 4 is 52.5 Å². The molecule has 32 heavy (non-hydrogen) atoms. The minimum Gasteiger partial charge on any atom is -0.342 e. The maximum absolute atomic E-state index is 13.9. The van der Waals surface area contributed by atoms with Crippen molar-refractivity contribution in [3.05, 3.63) is 69.7 Å². The van der Waals surface area contributed by atoms with Crippen LogP contribution in [0.15, 0.2) is 47.6 Å². The lowest BCUT2D eigenvalue weighted by atomic mass is 10.2. The molecule has 0 aliphatic rings.